The number of aromatic nitrogens is 3. The number of benzene rings is 1. The first-order chi connectivity index (χ1) is 12.4. The third kappa shape index (κ3) is 4.54. The number of anilines is 2. The van der Waals surface area contributed by atoms with Crippen LogP contribution in [0.2, 0.25) is 0 Å². The lowest BCUT2D eigenvalue weighted by Crippen LogP contribution is -2.27. The molecule has 0 spiro atoms. The van der Waals surface area contributed by atoms with Gasteiger partial charge in [-0.3, -0.25) is 14.2 Å². The lowest BCUT2D eigenvalue weighted by atomic mass is 10.1. The molecule has 0 aliphatic heterocycles. The van der Waals surface area contributed by atoms with Crippen LogP contribution in [0.1, 0.15) is 30.5 Å². The second-order valence-corrected chi connectivity index (χ2v) is 6.75. The number of hydrogen-bond donors (Lipinski definition) is 2. The number of esters is 1. The van der Waals surface area contributed by atoms with Crippen molar-refractivity contribution in [3.63, 3.8) is 0 Å². The minimum Gasteiger partial charge on any atom is -0.468 e. The number of ether oxygens (including phenoxy) is 1. The summed E-state index contributed by atoms with van der Waals surface area (Å²) in [5.41, 5.74) is 8.76. The normalized spacial score (nSPS) is 11.8. The van der Waals surface area contributed by atoms with Gasteiger partial charge < -0.3 is 15.8 Å². The van der Waals surface area contributed by atoms with Gasteiger partial charge in [-0.05, 0) is 31.9 Å². The van der Waals surface area contributed by atoms with E-state index >= 15 is 0 Å². The van der Waals surface area contributed by atoms with E-state index in [0.29, 0.717) is 11.6 Å². The van der Waals surface area contributed by atoms with Gasteiger partial charge in [-0.1, -0.05) is 36.4 Å². The summed E-state index contributed by atoms with van der Waals surface area (Å²) >= 11 is 1.13. The van der Waals surface area contributed by atoms with Gasteiger partial charge in [-0.25, -0.2) is 0 Å². The molecule has 1 aromatic carbocycles. The second kappa shape index (κ2) is 8.70. The van der Waals surface area contributed by atoms with Crippen LogP contribution in [-0.4, -0.2) is 39.5 Å². The van der Waals surface area contributed by atoms with Crippen LogP contribution in [0.15, 0.2) is 23.4 Å². The Morgan fingerprint density at radius 1 is 1.35 bits per heavy atom. The van der Waals surface area contributed by atoms with E-state index in [9.17, 15) is 9.59 Å². The fourth-order valence-corrected chi connectivity index (χ4v) is 3.34. The Bertz CT molecular complexity index is 806. The van der Waals surface area contributed by atoms with E-state index in [1.807, 2.05) is 39.0 Å². The van der Waals surface area contributed by atoms with Crippen LogP contribution in [0.5, 0.6) is 0 Å². The minimum atomic E-state index is -0.592. The molecule has 1 amide bonds. The zero-order valence-corrected chi connectivity index (χ0v) is 16.1. The minimum absolute atomic E-state index is 0.0593. The van der Waals surface area contributed by atoms with Crippen LogP contribution in [0, 0.1) is 13.8 Å². The number of methoxy groups -OCH3 is 1. The number of nitrogens with one attached hydrogen (secondary N) is 1. The molecule has 0 fully saturated rings. The molecule has 1 unspecified atom stereocenters. The monoisotopic (exact) mass is 377 g/mol. The molecule has 26 heavy (non-hydrogen) atoms. The molecule has 140 valence electrons. The van der Waals surface area contributed by atoms with E-state index in [0.717, 1.165) is 28.6 Å². The van der Waals surface area contributed by atoms with Gasteiger partial charge in [-0.15, -0.1) is 10.2 Å². The van der Waals surface area contributed by atoms with Gasteiger partial charge in [0, 0.05) is 5.69 Å². The molecule has 2 aromatic rings. The summed E-state index contributed by atoms with van der Waals surface area (Å²) in [5.74, 6) is -0.425. The maximum Gasteiger partial charge on any atom is 0.316 e. The first-order valence-electron chi connectivity index (χ1n) is 8.15. The highest BCUT2D eigenvalue weighted by atomic mass is 32.2. The number of thioether (sulfide) groups is 1. The highest BCUT2D eigenvalue weighted by Gasteiger charge is 2.25. The third-order valence-corrected chi connectivity index (χ3v) is 4.80. The summed E-state index contributed by atoms with van der Waals surface area (Å²) in [6, 6.07) is 5.22. The fourth-order valence-electron chi connectivity index (χ4n) is 2.52. The van der Waals surface area contributed by atoms with Crippen molar-refractivity contribution in [2.24, 2.45) is 0 Å². The highest BCUT2D eigenvalue weighted by Crippen LogP contribution is 2.27. The largest absolute Gasteiger partial charge is 0.468 e. The Morgan fingerprint density at radius 3 is 2.69 bits per heavy atom. The summed E-state index contributed by atoms with van der Waals surface area (Å²) in [6.45, 7) is 5.81. The molecule has 0 saturated heterocycles. The van der Waals surface area contributed by atoms with Crippen LogP contribution in [0.3, 0.4) is 0 Å². The molecule has 3 N–H and O–H groups in total. The van der Waals surface area contributed by atoms with E-state index in [1.54, 1.807) is 4.57 Å². The Labute approximate surface area is 156 Å². The lowest BCUT2D eigenvalue weighted by molar-refractivity contribution is -0.137. The SMILES string of the molecule is CCC(C(=O)Nc1ccc(C)cc1C)n1c(N)nnc1SCC(=O)OC. The number of aryl methyl sites for hydroxylation is 2. The molecule has 1 atom stereocenters. The molecule has 0 radical (unpaired) electrons. The van der Waals surface area contributed by atoms with Crippen molar-refractivity contribution in [1.82, 2.24) is 14.8 Å². The average molecular weight is 377 g/mol. The number of nitrogens with two attached hydrogens (primary N) is 1. The summed E-state index contributed by atoms with van der Waals surface area (Å²) in [5, 5.41) is 11.2. The average Bonchev–Trinajstić information content (AvgIpc) is 2.97. The van der Waals surface area contributed by atoms with Crippen molar-refractivity contribution in [2.45, 2.75) is 38.4 Å². The van der Waals surface area contributed by atoms with E-state index in [2.05, 4.69) is 20.3 Å². The van der Waals surface area contributed by atoms with Crippen molar-refractivity contribution in [2.75, 3.05) is 23.9 Å². The van der Waals surface area contributed by atoms with E-state index in [4.69, 9.17) is 5.73 Å². The summed E-state index contributed by atoms with van der Waals surface area (Å²) < 4.78 is 6.18. The Balaban J connectivity index is 2.23. The molecule has 0 bridgehead atoms. The molecule has 1 aromatic heterocycles. The number of carbonyl (C=O) groups excluding carboxylic acids is 2. The lowest BCUT2D eigenvalue weighted by Gasteiger charge is -2.19. The van der Waals surface area contributed by atoms with Gasteiger partial charge in [0.05, 0.1) is 12.9 Å². The maximum atomic E-state index is 12.8. The van der Waals surface area contributed by atoms with Crippen molar-refractivity contribution >= 4 is 35.3 Å². The number of hydrogen-bond acceptors (Lipinski definition) is 7. The van der Waals surface area contributed by atoms with Gasteiger partial charge in [0.25, 0.3) is 0 Å². The van der Waals surface area contributed by atoms with E-state index in [-0.39, 0.29) is 17.6 Å². The van der Waals surface area contributed by atoms with Gasteiger partial charge in [0.1, 0.15) is 6.04 Å². The summed E-state index contributed by atoms with van der Waals surface area (Å²) in [7, 11) is 1.31. The molecule has 2 rings (SSSR count). The maximum absolute atomic E-state index is 12.8. The van der Waals surface area contributed by atoms with Crippen molar-refractivity contribution in [3.05, 3.63) is 29.3 Å². The summed E-state index contributed by atoms with van der Waals surface area (Å²) in [6.07, 6.45) is 0.491. The van der Waals surface area contributed by atoms with Crippen molar-refractivity contribution < 1.29 is 14.3 Å². The predicted molar refractivity (Wildman–Crippen MR) is 101 cm³/mol. The van der Waals surface area contributed by atoms with E-state index in [1.165, 1.54) is 7.11 Å². The Morgan fingerprint density at radius 2 is 2.08 bits per heavy atom. The number of nitrogens with zero attached hydrogens (tertiary/aromatic N) is 3. The quantitative estimate of drug-likeness (QED) is 0.562. The predicted octanol–water partition coefficient (Wildman–Crippen LogP) is 2.33. The first-order valence-corrected chi connectivity index (χ1v) is 9.14. The standard InChI is InChI=1S/C17H23N5O3S/c1-5-13(15(24)19-12-7-6-10(2)8-11(12)3)22-16(18)20-21-17(22)26-9-14(23)25-4/h6-8,13H,5,9H2,1-4H3,(H2,18,20)(H,19,24). The molecule has 0 aliphatic carbocycles. The molecule has 1 heterocycles. The van der Waals surface area contributed by atoms with Gasteiger partial charge in [-0.2, -0.15) is 0 Å². The molecular formula is C17H23N5O3S. The molecule has 0 saturated carbocycles. The number of nitrogen functional groups attached to an aromatic ring is 1. The van der Waals surface area contributed by atoms with Crippen LogP contribution >= 0.6 is 11.8 Å². The van der Waals surface area contributed by atoms with E-state index < -0.39 is 12.0 Å². The van der Waals surface area contributed by atoms with Gasteiger partial charge in [0.15, 0.2) is 5.16 Å². The van der Waals surface area contributed by atoms with Crippen molar-refractivity contribution in [3.8, 4) is 0 Å². The zero-order valence-electron chi connectivity index (χ0n) is 15.3. The van der Waals surface area contributed by atoms with Crippen molar-refractivity contribution in [1.29, 1.82) is 0 Å². The Kier molecular flexibility index (Phi) is 6.62. The van der Waals surface area contributed by atoms with Crippen LogP contribution in [0.25, 0.3) is 0 Å². The molecule has 8 nitrogen and oxygen atoms in total. The molecular weight excluding hydrogens is 354 g/mol. The number of carbonyl (C=O) groups is 2. The van der Waals surface area contributed by atoms with Crippen LogP contribution in [0.4, 0.5) is 11.6 Å². The second-order valence-electron chi connectivity index (χ2n) is 5.81. The van der Waals surface area contributed by atoms with Gasteiger partial charge in [0.2, 0.25) is 11.9 Å². The first kappa shape index (κ1) is 19.8. The van der Waals surface area contributed by atoms with Gasteiger partial charge >= 0.3 is 5.97 Å². The highest BCUT2D eigenvalue weighted by molar-refractivity contribution is 7.99. The zero-order chi connectivity index (χ0) is 19.3. The Hall–Kier alpha value is -2.55. The number of rotatable bonds is 7. The van der Waals surface area contributed by atoms with Crippen LogP contribution < -0.4 is 11.1 Å². The van der Waals surface area contributed by atoms with Crippen LogP contribution in [-0.2, 0) is 14.3 Å². The summed E-state index contributed by atoms with van der Waals surface area (Å²) in [4.78, 5) is 24.2. The number of amides is 1. The molecule has 0 aliphatic rings. The topological polar surface area (TPSA) is 112 Å². The molecule has 9 heteroatoms. The third-order valence-electron chi connectivity index (χ3n) is 3.88. The fraction of sp³-hybridized carbons (Fsp3) is 0.412. The smallest absolute Gasteiger partial charge is 0.316 e.